The van der Waals surface area contributed by atoms with Crippen LogP contribution < -0.4 is 29.7 Å². The minimum absolute atomic E-state index is 0.231. The molecule has 1 N–H and O–H groups in total. The van der Waals surface area contributed by atoms with E-state index in [0.29, 0.717) is 44.4 Å². The number of nitrogens with zero attached hydrogens (tertiary/aromatic N) is 2. The third-order valence-corrected chi connectivity index (χ3v) is 8.21. The number of anilines is 1. The summed E-state index contributed by atoms with van der Waals surface area (Å²) in [5.74, 6) is 1.07. The van der Waals surface area contributed by atoms with E-state index in [-0.39, 0.29) is 11.5 Å². The van der Waals surface area contributed by atoms with Crippen LogP contribution in [0.15, 0.2) is 112 Å². The lowest BCUT2D eigenvalue weighted by molar-refractivity contribution is -0.113. The van der Waals surface area contributed by atoms with Gasteiger partial charge in [0.1, 0.15) is 11.5 Å². The van der Waals surface area contributed by atoms with Crippen molar-refractivity contribution in [3.63, 3.8) is 0 Å². The summed E-state index contributed by atoms with van der Waals surface area (Å²) in [7, 11) is 1.62. The van der Waals surface area contributed by atoms with Gasteiger partial charge in [-0.3, -0.25) is 14.2 Å². The average molecular weight is 576 g/mol. The average Bonchev–Trinajstić information content (AvgIpc) is 3.31. The van der Waals surface area contributed by atoms with Gasteiger partial charge in [-0.2, -0.15) is 0 Å². The molecule has 0 fully saturated rings. The summed E-state index contributed by atoms with van der Waals surface area (Å²) in [5.41, 5.74) is 2.99. The van der Waals surface area contributed by atoms with Crippen molar-refractivity contribution in [1.82, 2.24) is 4.57 Å². The Balaban J connectivity index is 1.54. The third kappa shape index (κ3) is 5.01. The molecule has 8 heteroatoms. The summed E-state index contributed by atoms with van der Waals surface area (Å²) < 4.78 is 13.4. The summed E-state index contributed by atoms with van der Waals surface area (Å²) >= 11 is 1.30. The zero-order valence-corrected chi connectivity index (χ0v) is 24.3. The van der Waals surface area contributed by atoms with E-state index in [1.165, 1.54) is 11.3 Å². The van der Waals surface area contributed by atoms with Crippen LogP contribution in [0.3, 0.4) is 0 Å². The number of carbonyl (C=O) groups excluding carboxylic acids is 1. The third-order valence-electron chi connectivity index (χ3n) is 7.23. The highest BCUT2D eigenvalue weighted by atomic mass is 32.1. The van der Waals surface area contributed by atoms with Crippen molar-refractivity contribution in [2.45, 2.75) is 19.9 Å². The minimum Gasteiger partial charge on any atom is -0.496 e. The molecule has 0 saturated carbocycles. The van der Waals surface area contributed by atoms with E-state index in [0.717, 1.165) is 21.9 Å². The minimum atomic E-state index is -0.683. The van der Waals surface area contributed by atoms with Crippen LogP contribution in [0.25, 0.3) is 16.8 Å². The largest absolute Gasteiger partial charge is 0.496 e. The van der Waals surface area contributed by atoms with Crippen molar-refractivity contribution < 1.29 is 14.3 Å². The van der Waals surface area contributed by atoms with Gasteiger partial charge < -0.3 is 14.8 Å². The molecule has 0 radical (unpaired) electrons. The van der Waals surface area contributed by atoms with Crippen LogP contribution >= 0.6 is 11.3 Å². The van der Waals surface area contributed by atoms with Gasteiger partial charge in [-0.15, -0.1) is 0 Å². The van der Waals surface area contributed by atoms with Crippen LogP contribution in [-0.2, 0) is 4.79 Å². The number of ether oxygens (including phenoxy) is 2. The monoisotopic (exact) mass is 575 g/mol. The maximum absolute atomic E-state index is 14.2. The lowest BCUT2D eigenvalue weighted by Gasteiger charge is -2.25. The molecule has 0 unspecified atom stereocenters. The second-order valence-corrected chi connectivity index (χ2v) is 10.8. The lowest BCUT2D eigenvalue weighted by atomic mass is 9.95. The van der Waals surface area contributed by atoms with Gasteiger partial charge >= 0.3 is 0 Å². The van der Waals surface area contributed by atoms with E-state index in [4.69, 9.17) is 14.5 Å². The van der Waals surface area contributed by atoms with Gasteiger partial charge in [0.25, 0.3) is 11.5 Å². The standard InChI is InChI=1S/C34H29N3O4S/c1-4-41-25-17-14-23(15-18-25)31-30(32(38)36-24-11-6-5-7-12-24)21(2)35-34-37(31)33(39)29(42-34)20-27-26-13-9-8-10-22(26)16-19-28(27)40-3/h5-20,31H,4H2,1-3H3,(H,36,38)/b29-20+/t31-/m0/s1. The molecule has 0 spiro atoms. The van der Waals surface area contributed by atoms with E-state index >= 15 is 0 Å². The highest BCUT2D eigenvalue weighted by molar-refractivity contribution is 7.07. The van der Waals surface area contributed by atoms with Crippen molar-refractivity contribution >= 4 is 39.8 Å². The predicted molar refractivity (Wildman–Crippen MR) is 167 cm³/mol. The molecular formula is C34H29N3O4S. The number of nitrogens with one attached hydrogen (secondary N) is 1. The normalized spacial score (nSPS) is 14.8. The molecule has 0 aliphatic carbocycles. The Morgan fingerprint density at radius 1 is 1.00 bits per heavy atom. The van der Waals surface area contributed by atoms with E-state index in [9.17, 15) is 9.59 Å². The van der Waals surface area contributed by atoms with Crippen molar-refractivity contribution in [2.75, 3.05) is 19.0 Å². The van der Waals surface area contributed by atoms with Gasteiger partial charge in [0.2, 0.25) is 0 Å². The highest BCUT2D eigenvalue weighted by Gasteiger charge is 2.32. The highest BCUT2D eigenvalue weighted by Crippen LogP contribution is 2.32. The Morgan fingerprint density at radius 2 is 1.74 bits per heavy atom. The first-order chi connectivity index (χ1) is 20.5. The van der Waals surface area contributed by atoms with Crippen molar-refractivity contribution in [3.8, 4) is 11.5 Å². The van der Waals surface area contributed by atoms with Crippen LogP contribution in [0.4, 0.5) is 5.69 Å². The molecule has 7 nitrogen and oxygen atoms in total. The molecule has 1 aliphatic heterocycles. The van der Waals surface area contributed by atoms with Crippen LogP contribution in [-0.4, -0.2) is 24.2 Å². The second kappa shape index (κ2) is 11.5. The molecule has 1 aromatic heterocycles. The number of hydrogen-bond donors (Lipinski definition) is 1. The first kappa shape index (κ1) is 27.2. The van der Waals surface area contributed by atoms with Gasteiger partial charge in [0.15, 0.2) is 4.80 Å². The van der Waals surface area contributed by atoms with Crippen LogP contribution in [0, 0.1) is 0 Å². The van der Waals surface area contributed by atoms with Crippen molar-refractivity contribution in [2.24, 2.45) is 4.99 Å². The van der Waals surface area contributed by atoms with Gasteiger partial charge in [0.05, 0.1) is 35.6 Å². The van der Waals surface area contributed by atoms with Gasteiger partial charge in [-0.25, -0.2) is 4.99 Å². The Bertz CT molecular complexity index is 2010. The molecule has 4 aromatic carbocycles. The van der Waals surface area contributed by atoms with E-state index in [1.54, 1.807) is 11.7 Å². The number of methoxy groups -OCH3 is 1. The predicted octanol–water partition coefficient (Wildman–Crippen LogP) is 5.43. The lowest BCUT2D eigenvalue weighted by Crippen LogP contribution is -2.40. The van der Waals surface area contributed by atoms with E-state index < -0.39 is 6.04 Å². The van der Waals surface area contributed by atoms with Crippen LogP contribution in [0.5, 0.6) is 11.5 Å². The molecule has 1 atom stereocenters. The fourth-order valence-electron chi connectivity index (χ4n) is 5.29. The van der Waals surface area contributed by atoms with Crippen molar-refractivity contribution in [1.29, 1.82) is 0 Å². The number of benzene rings is 4. The number of amides is 1. The molecule has 6 rings (SSSR count). The molecule has 5 aromatic rings. The Hall–Kier alpha value is -4.95. The first-order valence-electron chi connectivity index (χ1n) is 13.7. The zero-order chi connectivity index (χ0) is 29.2. The fourth-order valence-corrected chi connectivity index (χ4v) is 6.32. The summed E-state index contributed by atoms with van der Waals surface area (Å²) in [4.78, 5) is 33.3. The second-order valence-electron chi connectivity index (χ2n) is 9.81. The topological polar surface area (TPSA) is 81.9 Å². The molecule has 1 amide bonds. The van der Waals surface area contributed by atoms with Gasteiger partial charge in [-0.05, 0) is 66.6 Å². The molecule has 1 aliphatic rings. The Morgan fingerprint density at radius 3 is 2.48 bits per heavy atom. The number of para-hydroxylation sites is 1. The fraction of sp³-hybridized carbons (Fsp3) is 0.147. The SMILES string of the molecule is CCOc1ccc([C@H]2C(C(=O)Nc3ccccc3)=C(C)N=c3s/c(=C/c4c(OC)ccc5ccccc45)c(=O)n32)cc1. The summed E-state index contributed by atoms with van der Waals surface area (Å²) in [6, 6.07) is 28.0. The maximum Gasteiger partial charge on any atom is 0.271 e. The molecular weight excluding hydrogens is 546 g/mol. The molecule has 2 heterocycles. The summed E-state index contributed by atoms with van der Waals surface area (Å²) in [6.07, 6.45) is 1.86. The summed E-state index contributed by atoms with van der Waals surface area (Å²) in [5, 5.41) is 5.01. The quantitative estimate of drug-likeness (QED) is 0.281. The van der Waals surface area contributed by atoms with Gasteiger partial charge in [0, 0.05) is 11.3 Å². The number of rotatable bonds is 7. The number of allylic oxidation sites excluding steroid dienone is 1. The van der Waals surface area contributed by atoms with E-state index in [2.05, 4.69) is 5.32 Å². The first-order valence-corrected chi connectivity index (χ1v) is 14.5. The van der Waals surface area contributed by atoms with Crippen molar-refractivity contribution in [3.05, 3.63) is 133 Å². The Kier molecular flexibility index (Phi) is 7.46. The summed E-state index contributed by atoms with van der Waals surface area (Å²) in [6.45, 7) is 4.28. The molecule has 210 valence electrons. The Labute approximate surface area is 246 Å². The molecule has 42 heavy (non-hydrogen) atoms. The van der Waals surface area contributed by atoms with Gasteiger partial charge in [-0.1, -0.05) is 72.0 Å². The van der Waals surface area contributed by atoms with Crippen LogP contribution in [0.2, 0.25) is 0 Å². The molecule has 0 bridgehead atoms. The number of thiazole rings is 1. The smallest absolute Gasteiger partial charge is 0.271 e. The maximum atomic E-state index is 14.2. The van der Waals surface area contributed by atoms with E-state index in [1.807, 2.05) is 111 Å². The number of carbonyl (C=O) groups is 1. The number of fused-ring (bicyclic) bond motifs is 2. The van der Waals surface area contributed by atoms with Crippen LogP contribution in [0.1, 0.15) is 31.0 Å². The number of aromatic nitrogens is 1. The zero-order valence-electron chi connectivity index (χ0n) is 23.5. The number of hydrogen-bond acceptors (Lipinski definition) is 6. The molecule has 0 saturated heterocycles.